The van der Waals surface area contributed by atoms with Gasteiger partial charge in [0.15, 0.2) is 0 Å². The third-order valence-corrected chi connectivity index (χ3v) is 3.53. The summed E-state index contributed by atoms with van der Waals surface area (Å²) in [5.74, 6) is -0.239. The molecule has 0 radical (unpaired) electrons. The van der Waals surface area contributed by atoms with Gasteiger partial charge in [0.25, 0.3) is 5.91 Å². The molecule has 0 atom stereocenters. The first-order chi connectivity index (χ1) is 12.2. The summed E-state index contributed by atoms with van der Waals surface area (Å²) in [7, 11) is 0. The molecule has 0 aliphatic rings. The molecule has 3 aromatic rings. The van der Waals surface area contributed by atoms with Gasteiger partial charge in [-0.1, -0.05) is 42.5 Å². The van der Waals surface area contributed by atoms with Crippen molar-refractivity contribution in [3.63, 3.8) is 0 Å². The van der Waals surface area contributed by atoms with E-state index in [-0.39, 0.29) is 11.7 Å². The summed E-state index contributed by atoms with van der Waals surface area (Å²) in [6, 6.07) is 23.6. The number of benzene rings is 3. The fourth-order valence-electron chi connectivity index (χ4n) is 2.28. The van der Waals surface area contributed by atoms with E-state index >= 15 is 0 Å². The van der Waals surface area contributed by atoms with Gasteiger partial charge in [0.2, 0.25) is 0 Å². The summed E-state index contributed by atoms with van der Waals surface area (Å²) < 4.78 is 0. The summed E-state index contributed by atoms with van der Waals surface area (Å²) in [4.78, 5) is 12.4. The van der Waals surface area contributed by atoms with Gasteiger partial charge < -0.3 is 10.4 Å². The number of anilines is 2. The highest BCUT2D eigenvalue weighted by Gasteiger charge is 2.10. The molecule has 0 aliphatic heterocycles. The second kappa shape index (κ2) is 7.79. The smallest absolute Gasteiger partial charge is 0.273 e. The number of carbonyl (C=O) groups is 1. The van der Waals surface area contributed by atoms with Crippen LogP contribution in [-0.4, -0.2) is 17.2 Å². The number of nitrogens with one attached hydrogen (secondary N) is 2. The molecule has 0 saturated carbocycles. The van der Waals surface area contributed by atoms with E-state index in [1.807, 2.05) is 42.5 Å². The average molecular weight is 331 g/mol. The van der Waals surface area contributed by atoms with Gasteiger partial charge in [0, 0.05) is 11.3 Å². The van der Waals surface area contributed by atoms with E-state index in [1.165, 1.54) is 6.21 Å². The standard InChI is InChI=1S/C20H17N3O2/c24-19-13-7-4-8-15(19)14-21-23-20(25)17-11-5-6-12-18(17)22-16-9-2-1-3-10-16/h1-14,22,24H,(H,23,25)/b21-14-. The largest absolute Gasteiger partial charge is 0.507 e. The van der Waals surface area contributed by atoms with Crippen LogP contribution in [0, 0.1) is 0 Å². The predicted octanol–water partition coefficient (Wildman–Crippen LogP) is 3.90. The quantitative estimate of drug-likeness (QED) is 0.490. The van der Waals surface area contributed by atoms with Crippen molar-refractivity contribution in [2.75, 3.05) is 5.32 Å². The van der Waals surface area contributed by atoms with Gasteiger partial charge in [0.05, 0.1) is 17.5 Å². The molecule has 0 bridgehead atoms. The second-order valence-corrected chi connectivity index (χ2v) is 5.29. The number of aromatic hydroxyl groups is 1. The first-order valence-electron chi connectivity index (χ1n) is 7.76. The average Bonchev–Trinajstić information content (AvgIpc) is 2.64. The lowest BCUT2D eigenvalue weighted by Gasteiger charge is -2.10. The van der Waals surface area contributed by atoms with Crippen molar-refractivity contribution in [3.8, 4) is 5.75 Å². The molecule has 5 heteroatoms. The maximum Gasteiger partial charge on any atom is 0.273 e. The maximum absolute atomic E-state index is 12.4. The van der Waals surface area contributed by atoms with Gasteiger partial charge in [-0.25, -0.2) is 5.43 Å². The fraction of sp³-hybridized carbons (Fsp3) is 0. The Balaban J connectivity index is 1.73. The number of para-hydroxylation sites is 3. The number of rotatable bonds is 5. The van der Waals surface area contributed by atoms with Crippen molar-refractivity contribution in [2.24, 2.45) is 5.10 Å². The van der Waals surface area contributed by atoms with E-state index in [1.54, 1.807) is 36.4 Å². The third kappa shape index (κ3) is 4.23. The minimum Gasteiger partial charge on any atom is -0.507 e. The number of phenols is 1. The van der Waals surface area contributed by atoms with Gasteiger partial charge in [-0.15, -0.1) is 0 Å². The number of amides is 1. The molecule has 1 amide bonds. The molecule has 0 aliphatic carbocycles. The molecule has 0 heterocycles. The van der Waals surface area contributed by atoms with E-state index in [4.69, 9.17) is 0 Å². The summed E-state index contributed by atoms with van der Waals surface area (Å²) in [5, 5.41) is 16.8. The number of hydrogen-bond acceptors (Lipinski definition) is 4. The predicted molar refractivity (Wildman–Crippen MR) is 99.3 cm³/mol. The Labute approximate surface area is 145 Å². The summed E-state index contributed by atoms with van der Waals surface area (Å²) >= 11 is 0. The molecule has 3 N–H and O–H groups in total. The lowest BCUT2D eigenvalue weighted by molar-refractivity contribution is 0.0956. The van der Waals surface area contributed by atoms with Gasteiger partial charge >= 0.3 is 0 Å². The summed E-state index contributed by atoms with van der Waals surface area (Å²) in [6.07, 6.45) is 1.40. The van der Waals surface area contributed by atoms with Crippen molar-refractivity contribution >= 4 is 23.5 Å². The zero-order valence-corrected chi connectivity index (χ0v) is 13.4. The zero-order valence-electron chi connectivity index (χ0n) is 13.4. The minimum absolute atomic E-state index is 0.103. The molecule has 25 heavy (non-hydrogen) atoms. The molecule has 0 aromatic heterocycles. The molecule has 5 nitrogen and oxygen atoms in total. The number of phenolic OH excluding ortho intramolecular Hbond substituents is 1. The molecular weight excluding hydrogens is 314 g/mol. The van der Waals surface area contributed by atoms with Crippen LogP contribution in [0.3, 0.4) is 0 Å². The molecule has 0 spiro atoms. The van der Waals surface area contributed by atoms with E-state index in [9.17, 15) is 9.90 Å². The normalized spacial score (nSPS) is 10.6. The second-order valence-electron chi connectivity index (χ2n) is 5.29. The zero-order chi connectivity index (χ0) is 17.5. The van der Waals surface area contributed by atoms with Crippen LogP contribution in [0.15, 0.2) is 84.0 Å². The lowest BCUT2D eigenvalue weighted by Crippen LogP contribution is -2.18. The van der Waals surface area contributed by atoms with Crippen LogP contribution in [0.1, 0.15) is 15.9 Å². The van der Waals surface area contributed by atoms with Crippen molar-refractivity contribution in [1.82, 2.24) is 5.43 Å². The number of carbonyl (C=O) groups excluding carboxylic acids is 1. The first kappa shape index (κ1) is 16.3. The van der Waals surface area contributed by atoms with Crippen LogP contribution in [0.4, 0.5) is 11.4 Å². The molecular formula is C20H17N3O2. The highest BCUT2D eigenvalue weighted by atomic mass is 16.3. The van der Waals surface area contributed by atoms with Crippen LogP contribution >= 0.6 is 0 Å². The van der Waals surface area contributed by atoms with Crippen LogP contribution < -0.4 is 10.7 Å². The Morgan fingerprint density at radius 2 is 1.56 bits per heavy atom. The molecule has 3 rings (SSSR count). The number of hydrogen-bond donors (Lipinski definition) is 3. The Bertz CT molecular complexity index is 892. The molecule has 0 fully saturated rings. The monoisotopic (exact) mass is 331 g/mol. The topological polar surface area (TPSA) is 73.7 Å². The molecule has 3 aromatic carbocycles. The van der Waals surface area contributed by atoms with Crippen molar-refractivity contribution in [1.29, 1.82) is 0 Å². The van der Waals surface area contributed by atoms with E-state index in [2.05, 4.69) is 15.8 Å². The van der Waals surface area contributed by atoms with Crippen molar-refractivity contribution in [3.05, 3.63) is 90.0 Å². The van der Waals surface area contributed by atoms with Crippen LogP contribution in [0.5, 0.6) is 5.75 Å². The van der Waals surface area contributed by atoms with Crippen LogP contribution in [-0.2, 0) is 0 Å². The van der Waals surface area contributed by atoms with Crippen LogP contribution in [0.25, 0.3) is 0 Å². The molecule has 0 unspecified atom stereocenters. The summed E-state index contributed by atoms with van der Waals surface area (Å²) in [6.45, 7) is 0. The minimum atomic E-state index is -0.342. The van der Waals surface area contributed by atoms with E-state index < -0.39 is 0 Å². The fourth-order valence-corrected chi connectivity index (χ4v) is 2.28. The van der Waals surface area contributed by atoms with Gasteiger partial charge in [-0.3, -0.25) is 4.79 Å². The third-order valence-electron chi connectivity index (χ3n) is 3.53. The highest BCUT2D eigenvalue weighted by Crippen LogP contribution is 2.20. The van der Waals surface area contributed by atoms with E-state index in [0.29, 0.717) is 16.8 Å². The van der Waals surface area contributed by atoms with Crippen molar-refractivity contribution in [2.45, 2.75) is 0 Å². The van der Waals surface area contributed by atoms with Crippen LogP contribution in [0.2, 0.25) is 0 Å². The van der Waals surface area contributed by atoms with Crippen molar-refractivity contribution < 1.29 is 9.90 Å². The molecule has 124 valence electrons. The lowest BCUT2D eigenvalue weighted by atomic mass is 10.1. The SMILES string of the molecule is O=C(N/N=C\c1ccccc1O)c1ccccc1Nc1ccccc1. The number of hydrazone groups is 1. The first-order valence-corrected chi connectivity index (χ1v) is 7.76. The van der Waals surface area contributed by atoms with Gasteiger partial charge in [-0.2, -0.15) is 5.10 Å². The highest BCUT2D eigenvalue weighted by molar-refractivity contribution is 6.00. The Morgan fingerprint density at radius 1 is 0.880 bits per heavy atom. The Kier molecular flexibility index (Phi) is 5.07. The Hall–Kier alpha value is -3.60. The van der Waals surface area contributed by atoms with E-state index in [0.717, 1.165) is 5.69 Å². The van der Waals surface area contributed by atoms with Gasteiger partial charge in [0.1, 0.15) is 5.75 Å². The maximum atomic E-state index is 12.4. The molecule has 0 saturated heterocycles. The Morgan fingerprint density at radius 3 is 2.36 bits per heavy atom. The van der Waals surface area contributed by atoms with Gasteiger partial charge in [-0.05, 0) is 36.4 Å². The number of nitrogens with zero attached hydrogens (tertiary/aromatic N) is 1. The summed E-state index contributed by atoms with van der Waals surface area (Å²) in [5.41, 5.74) is 5.05.